The van der Waals surface area contributed by atoms with Gasteiger partial charge in [-0.05, 0) is 148 Å². The van der Waals surface area contributed by atoms with E-state index in [1.807, 2.05) is 54.1 Å². The maximum atomic E-state index is 14.4. The van der Waals surface area contributed by atoms with Crippen molar-refractivity contribution in [1.82, 2.24) is 50.5 Å². The molecule has 4 aromatic rings. The van der Waals surface area contributed by atoms with Crippen LogP contribution in [0.25, 0.3) is 21.5 Å². The van der Waals surface area contributed by atoms with Crippen LogP contribution in [0.1, 0.15) is 159 Å². The van der Waals surface area contributed by atoms with Crippen LogP contribution in [0.4, 0.5) is 9.59 Å². The number of likely N-dealkylation sites (tertiary alicyclic amines) is 2. The van der Waals surface area contributed by atoms with E-state index in [4.69, 9.17) is 25.8 Å². The molecular formula is C70H99ClN10O16S2. The van der Waals surface area contributed by atoms with Gasteiger partial charge in [0.25, 0.3) is 11.8 Å². The first kappa shape index (κ1) is 80.0. The molecule has 2 aliphatic carbocycles. The number of rotatable bonds is 20. The number of halogens is 1. The lowest BCUT2D eigenvalue weighted by molar-refractivity contribution is -0.143. The van der Waals surface area contributed by atoms with Crippen molar-refractivity contribution in [3.63, 3.8) is 0 Å². The van der Waals surface area contributed by atoms with Gasteiger partial charge in [-0.25, -0.2) is 36.4 Å². The predicted molar refractivity (Wildman–Crippen MR) is 377 cm³/mol. The molecule has 0 unspecified atom stereocenters. The van der Waals surface area contributed by atoms with Crippen LogP contribution in [-0.4, -0.2) is 172 Å². The lowest BCUT2D eigenvalue weighted by atomic mass is 9.85. The van der Waals surface area contributed by atoms with E-state index < -0.39 is 148 Å². The van der Waals surface area contributed by atoms with Crippen molar-refractivity contribution in [2.75, 3.05) is 13.1 Å². The van der Waals surface area contributed by atoms with Crippen molar-refractivity contribution in [2.45, 2.75) is 231 Å². The average Bonchev–Trinajstić information content (AvgIpc) is 1.71. The summed E-state index contributed by atoms with van der Waals surface area (Å²) < 4.78 is 71.1. The molecule has 0 spiro atoms. The highest BCUT2D eigenvalue weighted by Gasteiger charge is 2.51. The Morgan fingerprint density at radius 2 is 0.990 bits per heavy atom. The van der Waals surface area contributed by atoms with Gasteiger partial charge in [0, 0.05) is 42.6 Å². The molecule has 26 nitrogen and oxygen atoms in total. The Labute approximate surface area is 586 Å². The molecule has 8 atom stereocenters. The Morgan fingerprint density at radius 1 is 0.596 bits per heavy atom. The van der Waals surface area contributed by atoms with Gasteiger partial charge in [0.1, 0.15) is 57.7 Å². The Bertz CT molecular complexity index is 3950. The van der Waals surface area contributed by atoms with Gasteiger partial charge in [-0.15, -0.1) is 13.2 Å². The SMILES string of the molecule is C=CC[C@@](C)(NC(=O)[C@@H]1C[C@@H](O)CN1C(=O)[C@@H](NC(=O)OC(C)(C)C)C(C)(C)C)C(=O)NS(=O)(=O)C1CC1.C=CC[C@@](C)(NC(=O)[C@@H]1C[C@@H](Oc2nccc3cc(C)ccc23)CN1C(=O)[C@@H](NC(=O)OC(C)(C)C)C(C)(C)C)C(=O)NS(=O)(=O)C1CC1.Cc1ccc2c(Cl)nccc2c1. The summed E-state index contributed by atoms with van der Waals surface area (Å²) in [4.78, 5) is 118. The zero-order valence-corrected chi connectivity index (χ0v) is 62.0. The van der Waals surface area contributed by atoms with Crippen LogP contribution >= 0.6 is 11.6 Å². The molecule has 29 heteroatoms. The zero-order valence-electron chi connectivity index (χ0n) is 59.6. The van der Waals surface area contributed by atoms with Crippen LogP contribution in [-0.2, 0) is 58.3 Å². The highest BCUT2D eigenvalue weighted by molar-refractivity contribution is 7.91. The van der Waals surface area contributed by atoms with Crippen LogP contribution in [0.5, 0.6) is 5.88 Å². The highest BCUT2D eigenvalue weighted by atomic mass is 35.5. The van der Waals surface area contributed by atoms with Gasteiger partial charge in [-0.3, -0.25) is 38.2 Å². The third-order valence-corrected chi connectivity index (χ3v) is 20.5. The van der Waals surface area contributed by atoms with Gasteiger partial charge in [-0.2, -0.15) is 0 Å². The summed E-state index contributed by atoms with van der Waals surface area (Å²) in [6.07, 6.45) is 4.36. The summed E-state index contributed by atoms with van der Waals surface area (Å²) in [5.74, 6) is -4.11. The van der Waals surface area contributed by atoms with E-state index in [1.54, 1.807) is 95.5 Å². The molecule has 4 fully saturated rings. The second-order valence-electron chi connectivity index (χ2n) is 30.4. The third-order valence-electron chi connectivity index (χ3n) is 16.6. The van der Waals surface area contributed by atoms with Crippen molar-refractivity contribution in [3.05, 3.63) is 103 Å². The molecule has 2 saturated carbocycles. The first-order valence-corrected chi connectivity index (χ1v) is 36.4. The lowest BCUT2D eigenvalue weighted by Gasteiger charge is -2.36. The molecule has 0 radical (unpaired) electrons. The van der Waals surface area contributed by atoms with E-state index in [-0.39, 0.29) is 38.8 Å². The molecule has 4 heterocycles. The number of fused-ring (bicyclic) bond motifs is 2. The molecule has 2 aromatic heterocycles. The van der Waals surface area contributed by atoms with E-state index in [0.717, 1.165) is 27.1 Å². The Kier molecular flexibility index (Phi) is 25.3. The van der Waals surface area contributed by atoms with Crippen molar-refractivity contribution in [3.8, 4) is 5.88 Å². The van der Waals surface area contributed by atoms with Crippen LogP contribution in [0.15, 0.2) is 86.2 Å². The number of alkyl carbamates (subject to hydrolysis) is 2. The summed E-state index contributed by atoms with van der Waals surface area (Å²) >= 11 is 5.90. The first-order chi connectivity index (χ1) is 45.6. The van der Waals surface area contributed by atoms with Crippen molar-refractivity contribution in [2.24, 2.45) is 10.8 Å². The normalized spacial score (nSPS) is 19.9. The Morgan fingerprint density at radius 3 is 1.39 bits per heavy atom. The fourth-order valence-corrected chi connectivity index (χ4v) is 14.1. The maximum Gasteiger partial charge on any atom is 0.408 e. The number of ether oxygens (including phenoxy) is 3. The number of carbonyl (C=O) groups is 8. The molecule has 8 amide bonds. The summed E-state index contributed by atoms with van der Waals surface area (Å²) in [7, 11) is -7.78. The molecule has 4 aliphatic rings. The number of nitrogens with zero attached hydrogens (tertiary/aromatic N) is 4. The monoisotopic (exact) mass is 1430 g/mol. The van der Waals surface area contributed by atoms with Crippen LogP contribution in [0.2, 0.25) is 5.15 Å². The van der Waals surface area contributed by atoms with Crippen LogP contribution < -0.4 is 35.4 Å². The number of carbonyl (C=O) groups excluding carboxylic acids is 8. The third kappa shape index (κ3) is 22.0. The number of aliphatic hydroxyl groups excluding tert-OH is 1. The summed E-state index contributed by atoms with van der Waals surface area (Å²) in [5, 5.41) is 24.0. The van der Waals surface area contributed by atoms with Gasteiger partial charge in [0.15, 0.2) is 0 Å². The predicted octanol–water partition coefficient (Wildman–Crippen LogP) is 8.03. The number of hydrogen-bond donors (Lipinski definition) is 7. The molecule has 8 rings (SSSR count). The molecule has 99 heavy (non-hydrogen) atoms. The second kappa shape index (κ2) is 31.3. The van der Waals surface area contributed by atoms with Crippen molar-refractivity contribution >= 4 is 101 Å². The number of aryl methyl sites for hydroxylation is 2. The number of amides is 8. The molecule has 544 valence electrons. The van der Waals surface area contributed by atoms with E-state index in [0.29, 0.717) is 36.7 Å². The smallest absolute Gasteiger partial charge is 0.408 e. The molecule has 2 aliphatic heterocycles. The van der Waals surface area contributed by atoms with Gasteiger partial charge < -0.3 is 50.4 Å². The first-order valence-electron chi connectivity index (χ1n) is 32.9. The fourth-order valence-electron chi connectivity index (χ4n) is 11.0. The number of nitrogens with one attached hydrogen (secondary N) is 6. The minimum absolute atomic E-state index is 0.0248. The number of hydrogen-bond acceptors (Lipinski definition) is 18. The quantitative estimate of drug-likeness (QED) is 0.0325. The molecule has 7 N–H and O–H groups in total. The fraction of sp³-hybridized carbons (Fsp3) is 0.571. The number of aromatic nitrogens is 2. The molecular weight excluding hydrogens is 1340 g/mol. The van der Waals surface area contributed by atoms with Crippen molar-refractivity contribution < 1.29 is 74.5 Å². The van der Waals surface area contributed by atoms with E-state index in [2.05, 4.69) is 62.1 Å². The minimum atomic E-state index is -3.91. The summed E-state index contributed by atoms with van der Waals surface area (Å²) in [6, 6.07) is 11.3. The van der Waals surface area contributed by atoms with E-state index in [1.165, 1.54) is 41.4 Å². The molecule has 2 saturated heterocycles. The van der Waals surface area contributed by atoms with Crippen LogP contribution in [0, 0.1) is 24.7 Å². The number of aliphatic hydroxyl groups is 1. The number of benzene rings is 2. The van der Waals surface area contributed by atoms with Crippen LogP contribution in [0.3, 0.4) is 0 Å². The minimum Gasteiger partial charge on any atom is -0.472 e. The number of sulfonamides is 2. The van der Waals surface area contributed by atoms with Gasteiger partial charge >= 0.3 is 12.2 Å². The van der Waals surface area contributed by atoms with Gasteiger partial charge in [0.2, 0.25) is 49.6 Å². The maximum absolute atomic E-state index is 14.4. The standard InChI is InChI=1S/C35H49N5O8S.C25H42N4O8S.C10H8ClN/c1-10-16-35(9,31(43)39-49(45,46)24-12-13-24)38-28(41)26-19-23(47-29-25-14-11-21(2)18-22(25)15-17-36-29)20-40(26)30(42)27(33(3,4)5)37-32(44)48-34(6,7)8;1-9-12-25(8,21(33)28-38(35,36)16-10-11-16)27-19(31)17-13-15(30)14-29(17)20(32)18(23(2,3)4)26-22(34)37-24(5,6)7;1-7-2-3-9-8(6-7)4-5-12-10(9)11/h10-11,14-15,17-18,23-24,26-27H,1,12-13,16,19-20H2,2-9H3,(H,37,44)(H,38,41)(H,39,43);9,15-18,30H,1,10-14H2,2-8H3,(H,26,34)(H,27,31)(H,28,33);2-6H,1H3/t23-,26+,27-,35-;15-,17+,18-,25-;/m11./s1. The average molecular weight is 1440 g/mol. The Balaban J connectivity index is 0.000000272. The largest absolute Gasteiger partial charge is 0.472 e. The summed E-state index contributed by atoms with van der Waals surface area (Å²) in [5.41, 5.74) is -4.30. The second-order valence-corrected chi connectivity index (χ2v) is 34.7. The summed E-state index contributed by atoms with van der Waals surface area (Å²) in [6.45, 7) is 34.6. The zero-order chi connectivity index (χ0) is 74.3. The van der Waals surface area contributed by atoms with Gasteiger partial charge in [-0.1, -0.05) is 107 Å². The number of β-amino-alcohol motifs (C(OH)–C–C–N with tert-alkyl or cyclic N) is 1. The topological polar surface area (TPSA) is 357 Å². The molecule has 2 aromatic carbocycles. The lowest BCUT2D eigenvalue weighted by Crippen LogP contribution is -2.62. The highest BCUT2D eigenvalue weighted by Crippen LogP contribution is 2.34. The van der Waals surface area contributed by atoms with E-state index >= 15 is 0 Å². The molecule has 0 bridgehead atoms. The Hall–Kier alpha value is -7.95. The van der Waals surface area contributed by atoms with Gasteiger partial charge in [0.05, 0.1) is 23.1 Å². The van der Waals surface area contributed by atoms with Crippen molar-refractivity contribution in [1.29, 1.82) is 0 Å². The number of pyridine rings is 2. The van der Waals surface area contributed by atoms with E-state index in [9.17, 15) is 60.3 Å².